The molecule has 0 amide bonds. The molecule has 1 aromatic heterocycles. The summed E-state index contributed by atoms with van der Waals surface area (Å²) in [4.78, 5) is 3.50. The van der Waals surface area contributed by atoms with Crippen molar-refractivity contribution in [3.63, 3.8) is 0 Å². The fourth-order valence-corrected chi connectivity index (χ4v) is 2.20. The van der Waals surface area contributed by atoms with Gasteiger partial charge in [-0.1, -0.05) is 48.0 Å². The Labute approximate surface area is 101 Å². The number of aromatic nitrogens is 1. The van der Waals surface area contributed by atoms with Gasteiger partial charge in [-0.2, -0.15) is 0 Å². The molecule has 0 saturated heterocycles. The maximum absolute atomic E-state index is 3.50. The summed E-state index contributed by atoms with van der Waals surface area (Å²) < 4.78 is 0. The molecule has 0 saturated carbocycles. The topological polar surface area (TPSA) is 15.8 Å². The number of H-pyrrole nitrogens is 1. The Morgan fingerprint density at radius 3 is 2.35 bits per heavy atom. The van der Waals surface area contributed by atoms with E-state index in [-0.39, 0.29) is 0 Å². The predicted molar refractivity (Wildman–Crippen MR) is 73.2 cm³/mol. The van der Waals surface area contributed by atoms with Crippen molar-refractivity contribution >= 4 is 10.9 Å². The van der Waals surface area contributed by atoms with E-state index in [1.165, 1.54) is 33.3 Å². The van der Waals surface area contributed by atoms with Crippen molar-refractivity contribution in [2.45, 2.75) is 13.8 Å². The van der Waals surface area contributed by atoms with E-state index in [1.54, 1.807) is 0 Å². The Hall–Kier alpha value is -2.02. The van der Waals surface area contributed by atoms with E-state index in [0.717, 1.165) is 0 Å². The number of benzene rings is 2. The Balaban J connectivity index is 2.18. The molecule has 84 valence electrons. The number of para-hydroxylation sites is 1. The van der Waals surface area contributed by atoms with Crippen molar-refractivity contribution < 1.29 is 0 Å². The number of nitrogens with one attached hydrogen (secondary N) is 1. The van der Waals surface area contributed by atoms with Gasteiger partial charge in [0.2, 0.25) is 0 Å². The highest BCUT2D eigenvalue weighted by atomic mass is 14.7. The maximum atomic E-state index is 3.50. The third kappa shape index (κ3) is 1.74. The van der Waals surface area contributed by atoms with Crippen LogP contribution in [0.15, 0.2) is 48.5 Å². The number of aryl methyl sites for hydroxylation is 2. The Morgan fingerprint density at radius 1 is 0.882 bits per heavy atom. The predicted octanol–water partition coefficient (Wildman–Crippen LogP) is 4.45. The second kappa shape index (κ2) is 3.77. The summed E-state index contributed by atoms with van der Waals surface area (Å²) in [5, 5.41) is 1.28. The van der Waals surface area contributed by atoms with Gasteiger partial charge in [-0.15, -0.1) is 0 Å². The summed E-state index contributed by atoms with van der Waals surface area (Å²) >= 11 is 0. The van der Waals surface area contributed by atoms with Crippen LogP contribution in [0.1, 0.15) is 11.1 Å². The molecule has 2 aromatic carbocycles. The number of hydrogen-bond donors (Lipinski definition) is 1. The van der Waals surface area contributed by atoms with Gasteiger partial charge >= 0.3 is 0 Å². The minimum atomic E-state index is 1.19. The molecular formula is C16H15N. The number of aromatic amines is 1. The van der Waals surface area contributed by atoms with Gasteiger partial charge in [-0.05, 0) is 31.0 Å². The standard InChI is InChI=1S/C16H15N/c1-11-6-8-13(9-7-11)15-10-14-5-3-4-12(2)16(14)17-15/h3-10,17H,1-2H3. The minimum absolute atomic E-state index is 1.19. The van der Waals surface area contributed by atoms with Gasteiger partial charge in [0.1, 0.15) is 0 Å². The van der Waals surface area contributed by atoms with Crippen LogP contribution in [0.5, 0.6) is 0 Å². The molecule has 0 aliphatic rings. The van der Waals surface area contributed by atoms with Crippen LogP contribution >= 0.6 is 0 Å². The zero-order valence-electron chi connectivity index (χ0n) is 10.1. The van der Waals surface area contributed by atoms with Crippen LogP contribution in [0.2, 0.25) is 0 Å². The smallest absolute Gasteiger partial charge is 0.0488 e. The van der Waals surface area contributed by atoms with Crippen LogP contribution in [0.3, 0.4) is 0 Å². The van der Waals surface area contributed by atoms with Crippen LogP contribution < -0.4 is 0 Å². The highest BCUT2D eigenvalue weighted by Gasteiger charge is 2.04. The molecule has 17 heavy (non-hydrogen) atoms. The van der Waals surface area contributed by atoms with E-state index in [1.807, 2.05) is 0 Å². The lowest BCUT2D eigenvalue weighted by molar-refractivity contribution is 1.40. The average Bonchev–Trinajstić information content (AvgIpc) is 2.75. The van der Waals surface area contributed by atoms with Crippen molar-refractivity contribution in [3.8, 4) is 11.3 Å². The molecule has 3 rings (SSSR count). The third-order valence-electron chi connectivity index (χ3n) is 3.23. The first-order valence-electron chi connectivity index (χ1n) is 5.89. The zero-order valence-corrected chi connectivity index (χ0v) is 10.1. The molecule has 0 fully saturated rings. The van der Waals surface area contributed by atoms with Gasteiger partial charge in [-0.25, -0.2) is 0 Å². The normalized spacial score (nSPS) is 10.9. The summed E-state index contributed by atoms with van der Waals surface area (Å²) in [5.74, 6) is 0. The summed E-state index contributed by atoms with van der Waals surface area (Å²) in [7, 11) is 0. The first kappa shape index (κ1) is 10.2. The fourth-order valence-electron chi connectivity index (χ4n) is 2.20. The summed E-state index contributed by atoms with van der Waals surface area (Å²) in [6.45, 7) is 4.25. The average molecular weight is 221 g/mol. The SMILES string of the molecule is Cc1ccc(-c2cc3cccc(C)c3[nH]2)cc1. The molecule has 1 nitrogen and oxygen atoms in total. The Morgan fingerprint density at radius 2 is 1.65 bits per heavy atom. The van der Waals surface area contributed by atoms with E-state index < -0.39 is 0 Å². The fraction of sp³-hybridized carbons (Fsp3) is 0.125. The minimum Gasteiger partial charge on any atom is -0.354 e. The van der Waals surface area contributed by atoms with Crippen LogP contribution in [0.25, 0.3) is 22.2 Å². The molecule has 0 radical (unpaired) electrons. The van der Waals surface area contributed by atoms with Crippen molar-refractivity contribution in [2.75, 3.05) is 0 Å². The third-order valence-corrected chi connectivity index (χ3v) is 3.23. The largest absolute Gasteiger partial charge is 0.354 e. The van der Waals surface area contributed by atoms with Gasteiger partial charge in [0.05, 0.1) is 0 Å². The van der Waals surface area contributed by atoms with Crippen LogP contribution in [0.4, 0.5) is 0 Å². The van der Waals surface area contributed by atoms with Crippen molar-refractivity contribution in [1.29, 1.82) is 0 Å². The molecule has 0 unspecified atom stereocenters. The molecule has 1 heterocycles. The quantitative estimate of drug-likeness (QED) is 0.624. The van der Waals surface area contributed by atoms with Crippen molar-refractivity contribution in [2.24, 2.45) is 0 Å². The zero-order chi connectivity index (χ0) is 11.8. The van der Waals surface area contributed by atoms with E-state index in [4.69, 9.17) is 0 Å². The lowest BCUT2D eigenvalue weighted by atomic mass is 10.1. The lowest BCUT2D eigenvalue weighted by Crippen LogP contribution is -1.78. The molecule has 1 heteroatoms. The van der Waals surface area contributed by atoms with E-state index in [0.29, 0.717) is 0 Å². The van der Waals surface area contributed by atoms with E-state index >= 15 is 0 Å². The van der Waals surface area contributed by atoms with Crippen molar-refractivity contribution in [1.82, 2.24) is 4.98 Å². The van der Waals surface area contributed by atoms with Crippen LogP contribution in [-0.4, -0.2) is 4.98 Å². The maximum Gasteiger partial charge on any atom is 0.0488 e. The van der Waals surface area contributed by atoms with E-state index in [2.05, 4.69) is 67.4 Å². The van der Waals surface area contributed by atoms with Crippen LogP contribution in [-0.2, 0) is 0 Å². The van der Waals surface area contributed by atoms with E-state index in [9.17, 15) is 0 Å². The number of hydrogen-bond acceptors (Lipinski definition) is 0. The number of fused-ring (bicyclic) bond motifs is 1. The molecule has 1 N–H and O–H groups in total. The molecule has 3 aromatic rings. The first-order chi connectivity index (χ1) is 8.24. The molecule has 0 atom stereocenters. The monoisotopic (exact) mass is 221 g/mol. The number of rotatable bonds is 1. The highest BCUT2D eigenvalue weighted by molar-refractivity contribution is 5.88. The molecule has 0 aliphatic heterocycles. The van der Waals surface area contributed by atoms with Crippen LogP contribution in [0, 0.1) is 13.8 Å². The second-order valence-corrected chi connectivity index (χ2v) is 4.59. The molecule has 0 spiro atoms. The van der Waals surface area contributed by atoms with Gasteiger partial charge in [-0.3, -0.25) is 0 Å². The molecule has 0 aliphatic carbocycles. The Kier molecular flexibility index (Phi) is 2.25. The first-order valence-corrected chi connectivity index (χ1v) is 5.89. The summed E-state index contributed by atoms with van der Waals surface area (Å²) in [6, 6.07) is 17.2. The van der Waals surface area contributed by atoms with Gasteiger partial charge in [0.15, 0.2) is 0 Å². The van der Waals surface area contributed by atoms with Gasteiger partial charge in [0, 0.05) is 16.6 Å². The summed E-state index contributed by atoms with van der Waals surface area (Å²) in [5.41, 5.74) is 6.26. The highest BCUT2D eigenvalue weighted by Crippen LogP contribution is 2.25. The van der Waals surface area contributed by atoms with Gasteiger partial charge in [0.25, 0.3) is 0 Å². The van der Waals surface area contributed by atoms with Gasteiger partial charge < -0.3 is 4.98 Å². The second-order valence-electron chi connectivity index (χ2n) is 4.59. The summed E-state index contributed by atoms with van der Waals surface area (Å²) in [6.07, 6.45) is 0. The molecule has 0 bridgehead atoms. The lowest BCUT2D eigenvalue weighted by Gasteiger charge is -1.98. The molecular weight excluding hydrogens is 206 g/mol. The van der Waals surface area contributed by atoms with Crippen molar-refractivity contribution in [3.05, 3.63) is 59.7 Å². The Bertz CT molecular complexity index is 660.